The van der Waals surface area contributed by atoms with Crippen LogP contribution in [0.4, 0.5) is 9.59 Å². The first-order valence-electron chi connectivity index (χ1n) is 18.5. The minimum absolute atomic E-state index is 0.0442. The number of urea groups is 1. The number of aliphatic hydroxyl groups excluding tert-OH is 1. The van der Waals surface area contributed by atoms with Crippen molar-refractivity contribution < 1.29 is 29.0 Å². The van der Waals surface area contributed by atoms with Gasteiger partial charge in [0.05, 0.1) is 18.2 Å². The van der Waals surface area contributed by atoms with Crippen molar-refractivity contribution in [3.8, 4) is 0 Å². The third-order valence-electron chi connectivity index (χ3n) is 9.53. The molecule has 286 valence electrons. The monoisotopic (exact) mass is 728 g/mol. The summed E-state index contributed by atoms with van der Waals surface area (Å²) in [4.78, 5) is 57.9. The molecule has 1 fully saturated rings. The van der Waals surface area contributed by atoms with E-state index in [1.54, 1.807) is 4.90 Å². The van der Waals surface area contributed by atoms with E-state index in [1.165, 1.54) is 0 Å². The average molecular weight is 729 g/mol. The lowest BCUT2D eigenvalue weighted by Crippen LogP contribution is -2.62. The molecule has 4 rings (SSSR count). The van der Waals surface area contributed by atoms with Crippen LogP contribution in [0.1, 0.15) is 44.4 Å². The lowest BCUT2D eigenvalue weighted by Gasteiger charge is -2.36. The fraction of sp³-hybridized carbons (Fsp3) is 0.463. The van der Waals surface area contributed by atoms with E-state index in [4.69, 9.17) is 4.74 Å². The lowest BCUT2D eigenvalue weighted by molar-refractivity contribution is -0.126. The Labute approximate surface area is 313 Å². The highest BCUT2D eigenvalue weighted by molar-refractivity contribution is 5.88. The molecule has 3 aromatic rings. The van der Waals surface area contributed by atoms with Crippen LogP contribution < -0.4 is 21.3 Å². The second-order valence-corrected chi connectivity index (χ2v) is 14.5. The number of benzene rings is 3. The van der Waals surface area contributed by atoms with Crippen LogP contribution in [-0.4, -0.2) is 102 Å². The van der Waals surface area contributed by atoms with Crippen molar-refractivity contribution >= 4 is 23.9 Å². The number of amides is 5. The van der Waals surface area contributed by atoms with Crippen LogP contribution in [0.3, 0.4) is 0 Å². The first kappa shape index (κ1) is 40.8. The summed E-state index contributed by atoms with van der Waals surface area (Å²) in [5.74, 6) is -1.50. The van der Waals surface area contributed by atoms with Crippen LogP contribution >= 0.6 is 0 Å². The number of carbonyl (C=O) groups is 4. The van der Waals surface area contributed by atoms with Crippen LogP contribution in [0.5, 0.6) is 0 Å². The number of nitrogens with zero attached hydrogens (tertiary/aromatic N) is 2. The maximum Gasteiger partial charge on any atom is 0.408 e. The maximum atomic E-state index is 14.0. The predicted molar refractivity (Wildman–Crippen MR) is 205 cm³/mol. The van der Waals surface area contributed by atoms with E-state index in [2.05, 4.69) is 26.2 Å². The van der Waals surface area contributed by atoms with E-state index in [-0.39, 0.29) is 37.3 Å². The normalized spacial score (nSPS) is 16.2. The number of aliphatic hydroxyl groups is 1. The van der Waals surface area contributed by atoms with Gasteiger partial charge >= 0.3 is 12.1 Å². The second kappa shape index (κ2) is 20.3. The van der Waals surface area contributed by atoms with Crippen molar-refractivity contribution in [2.75, 3.05) is 33.2 Å². The molecule has 12 heteroatoms. The molecule has 1 heterocycles. The topological polar surface area (TPSA) is 152 Å². The van der Waals surface area contributed by atoms with Crippen LogP contribution in [-0.2, 0) is 33.8 Å². The molecule has 1 aliphatic heterocycles. The van der Waals surface area contributed by atoms with Crippen molar-refractivity contribution in [3.05, 3.63) is 108 Å². The third kappa shape index (κ3) is 12.9. The van der Waals surface area contributed by atoms with E-state index in [0.717, 1.165) is 29.8 Å². The fourth-order valence-electron chi connectivity index (χ4n) is 6.27. The van der Waals surface area contributed by atoms with Gasteiger partial charge < -0.3 is 40.9 Å². The number of carbonyl (C=O) groups excluding carboxylic acids is 4. The van der Waals surface area contributed by atoms with Gasteiger partial charge in [-0.2, -0.15) is 0 Å². The summed E-state index contributed by atoms with van der Waals surface area (Å²) in [6.07, 6.45) is -1.52. The van der Waals surface area contributed by atoms with Crippen molar-refractivity contribution in [3.63, 3.8) is 0 Å². The highest BCUT2D eigenvalue weighted by atomic mass is 16.5. The van der Waals surface area contributed by atoms with E-state index in [0.29, 0.717) is 13.1 Å². The number of hydrogen-bond acceptors (Lipinski definition) is 7. The smallest absolute Gasteiger partial charge is 0.408 e. The van der Waals surface area contributed by atoms with E-state index >= 15 is 0 Å². The molecule has 0 aromatic heterocycles. The number of piperazine rings is 1. The Balaban J connectivity index is 1.55. The molecule has 0 spiro atoms. The maximum absolute atomic E-state index is 14.0. The Hall–Kier alpha value is -4.94. The molecule has 5 atom stereocenters. The molecular formula is C41H56N6O6. The summed E-state index contributed by atoms with van der Waals surface area (Å²) in [5, 5.41) is 23.9. The molecule has 0 radical (unpaired) electrons. The Morgan fingerprint density at radius 1 is 0.623 bits per heavy atom. The van der Waals surface area contributed by atoms with Gasteiger partial charge in [0.2, 0.25) is 11.8 Å². The molecule has 0 aliphatic carbocycles. The van der Waals surface area contributed by atoms with Crippen LogP contribution in [0.25, 0.3) is 0 Å². The van der Waals surface area contributed by atoms with Gasteiger partial charge in [0.15, 0.2) is 0 Å². The van der Waals surface area contributed by atoms with Gasteiger partial charge in [-0.15, -0.1) is 0 Å². The van der Waals surface area contributed by atoms with Crippen molar-refractivity contribution in [2.45, 2.75) is 77.4 Å². The largest absolute Gasteiger partial charge is 0.445 e. The van der Waals surface area contributed by atoms with Gasteiger partial charge in [0.25, 0.3) is 0 Å². The number of alkyl carbamates (subject to hydrolysis) is 1. The fourth-order valence-corrected chi connectivity index (χ4v) is 6.27. The van der Waals surface area contributed by atoms with Gasteiger partial charge in [-0.3, -0.25) is 9.59 Å². The summed E-state index contributed by atoms with van der Waals surface area (Å²) in [5.41, 5.74) is 2.54. The van der Waals surface area contributed by atoms with Gasteiger partial charge in [-0.05, 0) is 48.4 Å². The molecule has 0 saturated carbocycles. The van der Waals surface area contributed by atoms with Gasteiger partial charge in [-0.25, -0.2) is 9.59 Å². The van der Waals surface area contributed by atoms with E-state index in [1.807, 2.05) is 126 Å². The number of rotatable bonds is 16. The van der Waals surface area contributed by atoms with Gasteiger partial charge in [0, 0.05) is 26.2 Å². The summed E-state index contributed by atoms with van der Waals surface area (Å²) < 4.78 is 5.41. The molecule has 5 amide bonds. The molecule has 3 unspecified atom stereocenters. The molecule has 12 nitrogen and oxygen atoms in total. The number of ether oxygens (including phenoxy) is 1. The van der Waals surface area contributed by atoms with Gasteiger partial charge in [-0.1, -0.05) is 119 Å². The summed E-state index contributed by atoms with van der Waals surface area (Å²) >= 11 is 0. The van der Waals surface area contributed by atoms with Gasteiger partial charge in [0.1, 0.15) is 18.7 Å². The number of nitrogens with one attached hydrogen (secondary N) is 4. The third-order valence-corrected chi connectivity index (χ3v) is 9.53. The Bertz CT molecular complexity index is 1580. The zero-order valence-corrected chi connectivity index (χ0v) is 31.5. The Morgan fingerprint density at radius 2 is 1.04 bits per heavy atom. The molecule has 53 heavy (non-hydrogen) atoms. The molecular weight excluding hydrogens is 672 g/mol. The first-order valence-corrected chi connectivity index (χ1v) is 18.5. The Kier molecular flexibility index (Phi) is 15.7. The van der Waals surface area contributed by atoms with Crippen LogP contribution in [0.2, 0.25) is 0 Å². The zero-order chi connectivity index (χ0) is 38.3. The van der Waals surface area contributed by atoms with E-state index in [9.17, 15) is 24.3 Å². The lowest BCUT2D eigenvalue weighted by atomic mass is 9.91. The Morgan fingerprint density at radius 3 is 1.47 bits per heavy atom. The molecule has 0 bridgehead atoms. The minimum Gasteiger partial charge on any atom is -0.445 e. The standard InChI is InChI=1S/C41H56N6O6/c1-28(2)35(44-40(51)47-23-21-46(5)22-24-47)38(49)42-33(25-30-15-9-6-10-16-30)37(48)34(26-31-17-11-7-12-18-31)43-39(50)36(29(3)4)45-41(52)53-27-32-19-13-8-14-20-32/h6-20,28-29,33-37,48H,21-27H2,1-5H3,(H,42,49)(H,43,50)(H,44,51)(H,45,52)/t33?,34?,35-,36-,37?/m0/s1. The predicted octanol–water partition coefficient (Wildman–Crippen LogP) is 3.73. The molecule has 3 aromatic carbocycles. The summed E-state index contributed by atoms with van der Waals surface area (Å²) in [7, 11) is 2.01. The van der Waals surface area contributed by atoms with Crippen LogP contribution in [0, 0.1) is 11.8 Å². The van der Waals surface area contributed by atoms with Crippen molar-refractivity contribution in [2.24, 2.45) is 11.8 Å². The van der Waals surface area contributed by atoms with E-state index < -0.39 is 48.2 Å². The van der Waals surface area contributed by atoms with Crippen LogP contribution in [0.15, 0.2) is 91.0 Å². The van der Waals surface area contributed by atoms with Crippen molar-refractivity contribution in [1.29, 1.82) is 0 Å². The zero-order valence-electron chi connectivity index (χ0n) is 31.5. The number of likely N-dealkylation sites (N-methyl/N-ethyl adjacent to an activating group) is 1. The van der Waals surface area contributed by atoms with Crippen molar-refractivity contribution in [1.82, 2.24) is 31.1 Å². The summed E-state index contributed by atoms with van der Waals surface area (Å²) in [6.45, 7) is 9.99. The SMILES string of the molecule is CC(C)[C@H](NC(=O)OCc1ccccc1)C(=O)NC(Cc1ccccc1)C(O)C(Cc1ccccc1)NC(=O)[C@@H](NC(=O)N1CCN(C)CC1)C(C)C. The quantitative estimate of drug-likeness (QED) is 0.151. The summed E-state index contributed by atoms with van der Waals surface area (Å²) in [6, 6.07) is 24.3. The highest BCUT2D eigenvalue weighted by Gasteiger charge is 2.36. The number of hydrogen-bond donors (Lipinski definition) is 5. The molecule has 1 saturated heterocycles. The first-order chi connectivity index (χ1) is 25.4. The molecule has 1 aliphatic rings. The second-order valence-electron chi connectivity index (χ2n) is 14.5. The minimum atomic E-state index is -1.28. The highest BCUT2D eigenvalue weighted by Crippen LogP contribution is 2.16. The molecule has 5 N–H and O–H groups in total. The average Bonchev–Trinajstić information content (AvgIpc) is 3.15.